The second-order valence-corrected chi connectivity index (χ2v) is 10.8. The quantitative estimate of drug-likeness (QED) is 0.346. The fraction of sp³-hybridized carbons (Fsp3) is 0.296. The molecule has 1 aliphatic carbocycles. The summed E-state index contributed by atoms with van der Waals surface area (Å²) >= 11 is 0. The van der Waals surface area contributed by atoms with Crippen LogP contribution in [0.1, 0.15) is 38.5 Å². The van der Waals surface area contributed by atoms with Crippen LogP contribution in [-0.2, 0) is 14.6 Å². The number of ether oxygens (including phenoxy) is 1. The van der Waals surface area contributed by atoms with E-state index in [2.05, 4.69) is 0 Å². The van der Waals surface area contributed by atoms with Crippen molar-refractivity contribution in [2.24, 2.45) is 5.92 Å². The maximum absolute atomic E-state index is 13.4. The molecule has 4 rings (SSSR count). The van der Waals surface area contributed by atoms with Gasteiger partial charge in [0.25, 0.3) is 0 Å². The monoisotopic (exact) mass is 479 g/mol. The summed E-state index contributed by atoms with van der Waals surface area (Å²) in [6, 6.07) is 24.0. The van der Waals surface area contributed by atoms with E-state index in [-0.39, 0.29) is 4.90 Å². The first-order valence-electron chi connectivity index (χ1n) is 11.6. The Balaban J connectivity index is 1.50. The van der Waals surface area contributed by atoms with Crippen LogP contribution in [-0.4, -0.2) is 24.8 Å². The maximum Gasteiger partial charge on any atom is 0.247 e. The lowest BCUT2D eigenvalue weighted by molar-refractivity contribution is -0.133. The summed E-state index contributed by atoms with van der Waals surface area (Å²) in [5, 5.41) is 8.29. The van der Waals surface area contributed by atoms with Gasteiger partial charge in [0.15, 0.2) is 9.84 Å². The predicted molar refractivity (Wildman–Crippen MR) is 130 cm³/mol. The lowest BCUT2D eigenvalue weighted by atomic mass is 9.90. The maximum atomic E-state index is 13.4. The van der Waals surface area contributed by atoms with Gasteiger partial charge in [-0.1, -0.05) is 68.1 Å². The molecule has 1 saturated carbocycles. The van der Waals surface area contributed by atoms with Gasteiger partial charge in [0, 0.05) is 0 Å². The smallest absolute Gasteiger partial charge is 0.247 e. The fourth-order valence-corrected chi connectivity index (χ4v) is 6.59. The molecule has 34 heavy (non-hydrogen) atoms. The highest BCUT2D eigenvalue weighted by Crippen LogP contribution is 2.33. The van der Waals surface area contributed by atoms with Crippen LogP contribution < -0.4 is 10.2 Å². The molecule has 0 spiro atoms. The zero-order chi connectivity index (χ0) is 24.0. The van der Waals surface area contributed by atoms with Crippen LogP contribution in [0.4, 0.5) is 0 Å². The molecule has 178 valence electrons. The normalized spacial score (nSPS) is 19.0. The molecule has 1 amide bonds. The molecule has 3 aromatic carbocycles. The first-order valence-corrected chi connectivity index (χ1v) is 13.1. The molecule has 0 aliphatic heterocycles. The number of benzene rings is 3. The van der Waals surface area contributed by atoms with Gasteiger partial charge in [-0.2, -0.15) is 0 Å². The minimum Gasteiger partial charge on any atom is -0.457 e. The molecule has 2 N–H and O–H groups in total. The third-order valence-corrected chi connectivity index (χ3v) is 8.69. The van der Waals surface area contributed by atoms with Crippen molar-refractivity contribution in [1.82, 2.24) is 5.48 Å². The largest absolute Gasteiger partial charge is 0.457 e. The average Bonchev–Trinajstić information content (AvgIpc) is 2.85. The molecule has 0 aromatic heterocycles. The minimum atomic E-state index is -3.76. The van der Waals surface area contributed by atoms with E-state index in [1.165, 1.54) is 12.1 Å². The third-order valence-electron chi connectivity index (χ3n) is 6.40. The highest BCUT2D eigenvalue weighted by atomic mass is 32.2. The van der Waals surface area contributed by atoms with Crippen molar-refractivity contribution in [3.05, 3.63) is 78.9 Å². The van der Waals surface area contributed by atoms with Crippen LogP contribution >= 0.6 is 0 Å². The summed E-state index contributed by atoms with van der Waals surface area (Å²) in [6.45, 7) is 0. The number of nitrogens with one attached hydrogen (secondary N) is 1. The zero-order valence-corrected chi connectivity index (χ0v) is 19.7. The highest BCUT2D eigenvalue weighted by molar-refractivity contribution is 7.92. The molecule has 7 heteroatoms. The average molecular weight is 480 g/mol. The number of rotatable bonds is 6. The Morgan fingerprint density at radius 1 is 0.765 bits per heavy atom. The number of hydrogen-bond donors (Lipinski definition) is 2. The lowest BCUT2D eigenvalue weighted by Gasteiger charge is -2.27. The Morgan fingerprint density at radius 3 is 1.94 bits per heavy atom. The Hall–Kier alpha value is -3.16. The molecule has 0 saturated heterocycles. The summed E-state index contributed by atoms with van der Waals surface area (Å²) < 4.78 is 32.7. The van der Waals surface area contributed by atoms with Crippen molar-refractivity contribution in [2.75, 3.05) is 0 Å². The molecule has 2 unspecified atom stereocenters. The van der Waals surface area contributed by atoms with Crippen LogP contribution in [0.2, 0.25) is 0 Å². The Labute approximate surface area is 200 Å². The topological polar surface area (TPSA) is 92.7 Å². The van der Waals surface area contributed by atoms with Gasteiger partial charge >= 0.3 is 0 Å². The Morgan fingerprint density at radius 2 is 1.32 bits per heavy atom. The van der Waals surface area contributed by atoms with Crippen molar-refractivity contribution in [3.63, 3.8) is 0 Å². The van der Waals surface area contributed by atoms with Crippen molar-refractivity contribution < 1.29 is 23.2 Å². The standard InChI is InChI=1S/C27H29NO5S/c29-27(28-30)25-10-6-1-2-7-11-26(25)34(31,32)24-18-16-23(17-19-24)33-22-14-12-21(13-15-22)20-8-4-3-5-9-20/h3-5,8-9,12-19,25-26,30H,1-2,6-7,10-11H2,(H,28,29). The van der Waals surface area contributed by atoms with Gasteiger partial charge < -0.3 is 4.74 Å². The van der Waals surface area contributed by atoms with Crippen molar-refractivity contribution in [3.8, 4) is 22.6 Å². The summed E-state index contributed by atoms with van der Waals surface area (Å²) in [7, 11) is -3.76. The van der Waals surface area contributed by atoms with Gasteiger partial charge in [-0.15, -0.1) is 0 Å². The molecule has 1 fully saturated rings. The number of hydroxylamine groups is 1. The molecule has 2 atom stereocenters. The summed E-state index contributed by atoms with van der Waals surface area (Å²) in [5.41, 5.74) is 3.86. The first kappa shape index (κ1) is 24.0. The van der Waals surface area contributed by atoms with E-state index in [1.807, 2.05) is 54.6 Å². The van der Waals surface area contributed by atoms with E-state index in [4.69, 9.17) is 9.94 Å². The third kappa shape index (κ3) is 5.48. The minimum absolute atomic E-state index is 0.153. The molecule has 6 nitrogen and oxygen atoms in total. The van der Waals surface area contributed by atoms with Gasteiger partial charge in [0.2, 0.25) is 5.91 Å². The van der Waals surface area contributed by atoms with Gasteiger partial charge in [-0.3, -0.25) is 10.0 Å². The molecule has 3 aromatic rings. The van der Waals surface area contributed by atoms with Crippen LogP contribution in [0.5, 0.6) is 11.5 Å². The number of carbonyl (C=O) groups is 1. The lowest BCUT2D eigenvalue weighted by Crippen LogP contribution is -2.41. The van der Waals surface area contributed by atoms with Gasteiger partial charge in [0.05, 0.1) is 16.1 Å². The van der Waals surface area contributed by atoms with E-state index in [9.17, 15) is 13.2 Å². The first-order chi connectivity index (χ1) is 16.5. The number of amides is 1. The summed E-state index contributed by atoms with van der Waals surface area (Å²) in [6.07, 6.45) is 4.23. The SMILES string of the molecule is O=C(NO)C1CCCCCCC1S(=O)(=O)c1ccc(Oc2ccc(-c3ccccc3)cc2)cc1. The van der Waals surface area contributed by atoms with Crippen molar-refractivity contribution in [2.45, 2.75) is 48.7 Å². The van der Waals surface area contributed by atoms with E-state index in [0.29, 0.717) is 24.3 Å². The number of carbonyl (C=O) groups excluding carboxylic acids is 1. The van der Waals surface area contributed by atoms with E-state index < -0.39 is 26.9 Å². The fourth-order valence-electron chi connectivity index (χ4n) is 4.56. The highest BCUT2D eigenvalue weighted by Gasteiger charge is 2.38. The van der Waals surface area contributed by atoms with Gasteiger partial charge in [-0.05, 0) is 60.4 Å². The van der Waals surface area contributed by atoms with E-state index in [0.717, 1.165) is 36.8 Å². The predicted octanol–water partition coefficient (Wildman–Crippen LogP) is 5.76. The van der Waals surface area contributed by atoms with Gasteiger partial charge in [-0.25, -0.2) is 13.9 Å². The molecule has 1 aliphatic rings. The van der Waals surface area contributed by atoms with Crippen molar-refractivity contribution >= 4 is 15.7 Å². The molecule has 0 heterocycles. The Bertz CT molecular complexity index is 1190. The van der Waals surface area contributed by atoms with Crippen LogP contribution in [0, 0.1) is 5.92 Å². The zero-order valence-electron chi connectivity index (χ0n) is 18.9. The van der Waals surface area contributed by atoms with E-state index >= 15 is 0 Å². The molecular formula is C27H29NO5S. The van der Waals surface area contributed by atoms with Gasteiger partial charge in [0.1, 0.15) is 11.5 Å². The molecule has 0 radical (unpaired) electrons. The second-order valence-electron chi connectivity index (χ2n) is 8.62. The van der Waals surface area contributed by atoms with Crippen LogP contribution in [0.25, 0.3) is 11.1 Å². The number of sulfone groups is 1. The Kier molecular flexibility index (Phi) is 7.65. The number of hydrogen-bond acceptors (Lipinski definition) is 5. The van der Waals surface area contributed by atoms with Crippen molar-refractivity contribution in [1.29, 1.82) is 0 Å². The van der Waals surface area contributed by atoms with Crippen LogP contribution in [0.15, 0.2) is 83.8 Å². The summed E-state index contributed by atoms with van der Waals surface area (Å²) in [5.74, 6) is -0.229. The summed E-state index contributed by atoms with van der Waals surface area (Å²) in [4.78, 5) is 12.4. The second kappa shape index (κ2) is 10.8. The molecular weight excluding hydrogens is 450 g/mol. The van der Waals surface area contributed by atoms with E-state index in [1.54, 1.807) is 17.6 Å². The van der Waals surface area contributed by atoms with Crippen LogP contribution in [0.3, 0.4) is 0 Å². The molecule has 0 bridgehead atoms.